The minimum atomic E-state index is -0.325. The zero-order valence-electron chi connectivity index (χ0n) is 18.8. The highest BCUT2D eigenvalue weighted by atomic mass is 32.2. The number of thioether (sulfide) groups is 1. The lowest BCUT2D eigenvalue weighted by Crippen LogP contribution is -2.50. The van der Waals surface area contributed by atoms with Crippen LogP contribution in [0.5, 0.6) is 0 Å². The molecule has 2 aliphatic rings. The van der Waals surface area contributed by atoms with Crippen molar-refractivity contribution in [1.29, 1.82) is 0 Å². The molecule has 0 unspecified atom stereocenters. The average Bonchev–Trinajstić information content (AvgIpc) is 3.23. The normalized spacial score (nSPS) is 18.5. The van der Waals surface area contributed by atoms with Crippen molar-refractivity contribution in [1.82, 2.24) is 14.7 Å². The van der Waals surface area contributed by atoms with Crippen LogP contribution in [0, 0.1) is 0 Å². The standard InChI is InChI=1S/C25H29N3O4S/c1-2-32-25(31)27-16-14-26(15-17-27)23(30)20-8-10-21(11-9-20)24-28(22(29)18-33-24)13-12-19-6-4-3-5-7-19/h3-11,24H,2,12-18H2,1H3/t24-/m0/s1. The van der Waals surface area contributed by atoms with E-state index in [4.69, 9.17) is 4.74 Å². The molecule has 0 radical (unpaired) electrons. The van der Waals surface area contributed by atoms with Gasteiger partial charge in [0, 0.05) is 38.3 Å². The quantitative estimate of drug-likeness (QED) is 0.651. The molecule has 1 atom stereocenters. The number of rotatable bonds is 6. The number of nitrogens with zero attached hydrogens (tertiary/aromatic N) is 3. The van der Waals surface area contributed by atoms with E-state index in [1.165, 1.54) is 5.56 Å². The van der Waals surface area contributed by atoms with Gasteiger partial charge in [-0.05, 0) is 36.6 Å². The van der Waals surface area contributed by atoms with E-state index in [0.717, 1.165) is 12.0 Å². The van der Waals surface area contributed by atoms with Gasteiger partial charge in [-0.1, -0.05) is 42.5 Å². The van der Waals surface area contributed by atoms with E-state index in [1.54, 1.807) is 28.5 Å². The summed E-state index contributed by atoms with van der Waals surface area (Å²) < 4.78 is 5.04. The van der Waals surface area contributed by atoms with Gasteiger partial charge < -0.3 is 19.4 Å². The fourth-order valence-corrected chi connectivity index (χ4v) is 5.36. The molecule has 8 heteroatoms. The minimum Gasteiger partial charge on any atom is -0.450 e. The Kier molecular flexibility index (Phi) is 7.54. The van der Waals surface area contributed by atoms with Gasteiger partial charge in [0.2, 0.25) is 5.91 Å². The molecule has 7 nitrogen and oxygen atoms in total. The number of ether oxygens (including phenoxy) is 1. The van der Waals surface area contributed by atoms with Crippen LogP contribution in [0.1, 0.15) is 33.8 Å². The maximum atomic E-state index is 12.9. The summed E-state index contributed by atoms with van der Waals surface area (Å²) in [4.78, 5) is 42.6. The van der Waals surface area contributed by atoms with Crippen LogP contribution in [-0.4, -0.2) is 77.7 Å². The van der Waals surface area contributed by atoms with Crippen LogP contribution in [0.4, 0.5) is 4.79 Å². The Hall–Kier alpha value is -3.00. The van der Waals surface area contributed by atoms with Gasteiger partial charge in [-0.3, -0.25) is 9.59 Å². The maximum Gasteiger partial charge on any atom is 0.409 e. The topological polar surface area (TPSA) is 70.2 Å². The summed E-state index contributed by atoms with van der Waals surface area (Å²) in [5.41, 5.74) is 2.86. The van der Waals surface area contributed by atoms with E-state index < -0.39 is 0 Å². The van der Waals surface area contributed by atoms with Gasteiger partial charge >= 0.3 is 6.09 Å². The highest BCUT2D eigenvalue weighted by molar-refractivity contribution is 8.00. The van der Waals surface area contributed by atoms with E-state index in [9.17, 15) is 14.4 Å². The number of amides is 3. The largest absolute Gasteiger partial charge is 0.450 e. The van der Waals surface area contributed by atoms with Crippen LogP contribution < -0.4 is 0 Å². The Balaban J connectivity index is 1.36. The molecular formula is C25H29N3O4S. The molecular weight excluding hydrogens is 438 g/mol. The van der Waals surface area contributed by atoms with Crippen molar-refractivity contribution in [3.63, 3.8) is 0 Å². The van der Waals surface area contributed by atoms with Gasteiger partial charge in [0.1, 0.15) is 5.37 Å². The molecule has 3 amide bonds. The molecule has 2 fully saturated rings. The number of hydrogen-bond acceptors (Lipinski definition) is 5. The highest BCUT2D eigenvalue weighted by Gasteiger charge is 2.32. The molecule has 0 saturated carbocycles. The molecule has 2 heterocycles. The lowest BCUT2D eigenvalue weighted by atomic mass is 10.1. The smallest absolute Gasteiger partial charge is 0.409 e. The number of piperazine rings is 1. The third-order valence-corrected chi connectivity index (χ3v) is 7.24. The predicted molar refractivity (Wildman–Crippen MR) is 128 cm³/mol. The summed E-state index contributed by atoms with van der Waals surface area (Å²) in [6.07, 6.45) is 0.493. The third-order valence-electron chi connectivity index (χ3n) is 5.99. The summed E-state index contributed by atoms with van der Waals surface area (Å²) in [6.45, 7) is 4.72. The summed E-state index contributed by atoms with van der Waals surface area (Å²) >= 11 is 1.63. The lowest BCUT2D eigenvalue weighted by molar-refractivity contribution is -0.128. The van der Waals surface area contributed by atoms with Crippen LogP contribution in [0.3, 0.4) is 0 Å². The fourth-order valence-electron chi connectivity index (χ4n) is 4.15. The Morgan fingerprint density at radius 1 is 0.970 bits per heavy atom. The first kappa shape index (κ1) is 23.2. The first-order chi connectivity index (χ1) is 16.1. The summed E-state index contributed by atoms with van der Waals surface area (Å²) in [6, 6.07) is 17.8. The van der Waals surface area contributed by atoms with Crippen molar-refractivity contribution >= 4 is 29.7 Å². The second-order valence-corrected chi connectivity index (χ2v) is 9.15. The van der Waals surface area contributed by atoms with Crippen molar-refractivity contribution in [2.75, 3.05) is 45.1 Å². The average molecular weight is 468 g/mol. The Labute approximate surface area is 198 Å². The second kappa shape index (κ2) is 10.7. The van der Waals surface area contributed by atoms with Crippen molar-refractivity contribution in [2.45, 2.75) is 18.7 Å². The van der Waals surface area contributed by atoms with E-state index in [0.29, 0.717) is 50.6 Å². The summed E-state index contributed by atoms with van der Waals surface area (Å²) in [5, 5.41) is -0.0292. The molecule has 0 aliphatic carbocycles. The molecule has 2 aromatic rings. The van der Waals surface area contributed by atoms with Crippen molar-refractivity contribution < 1.29 is 19.1 Å². The molecule has 0 spiro atoms. The van der Waals surface area contributed by atoms with Crippen molar-refractivity contribution in [2.24, 2.45) is 0 Å². The molecule has 0 N–H and O–H groups in total. The van der Waals surface area contributed by atoms with Crippen LogP contribution in [0.2, 0.25) is 0 Å². The third kappa shape index (κ3) is 5.50. The maximum absolute atomic E-state index is 12.9. The van der Waals surface area contributed by atoms with E-state index in [2.05, 4.69) is 12.1 Å². The van der Waals surface area contributed by atoms with Crippen molar-refractivity contribution in [3.05, 3.63) is 71.3 Å². The predicted octanol–water partition coefficient (Wildman–Crippen LogP) is 3.42. The summed E-state index contributed by atoms with van der Waals surface area (Å²) in [5.74, 6) is 0.590. The number of carbonyl (C=O) groups excluding carboxylic acids is 3. The van der Waals surface area contributed by atoms with Gasteiger partial charge in [0.05, 0.1) is 12.4 Å². The second-order valence-electron chi connectivity index (χ2n) is 8.09. The SMILES string of the molecule is CCOC(=O)N1CCN(C(=O)c2ccc([C@@H]3SCC(=O)N3CCc3ccccc3)cc2)CC1. The Morgan fingerprint density at radius 2 is 1.64 bits per heavy atom. The molecule has 2 aromatic carbocycles. The number of hydrogen-bond donors (Lipinski definition) is 0. The van der Waals surface area contributed by atoms with Crippen molar-refractivity contribution in [3.8, 4) is 0 Å². The molecule has 2 saturated heterocycles. The van der Waals surface area contributed by atoms with Gasteiger partial charge in [-0.15, -0.1) is 11.8 Å². The highest BCUT2D eigenvalue weighted by Crippen LogP contribution is 2.38. The van der Waals surface area contributed by atoms with E-state index in [-0.39, 0.29) is 23.3 Å². The van der Waals surface area contributed by atoms with E-state index >= 15 is 0 Å². The Morgan fingerprint density at radius 3 is 2.30 bits per heavy atom. The van der Waals surface area contributed by atoms with Crippen LogP contribution in [0.15, 0.2) is 54.6 Å². The molecule has 174 valence electrons. The molecule has 33 heavy (non-hydrogen) atoms. The van der Waals surface area contributed by atoms with Gasteiger partial charge in [-0.25, -0.2) is 4.79 Å². The van der Waals surface area contributed by atoms with Crippen LogP contribution in [0.25, 0.3) is 0 Å². The van der Waals surface area contributed by atoms with Crippen LogP contribution in [-0.2, 0) is 16.0 Å². The zero-order chi connectivity index (χ0) is 23.2. The minimum absolute atomic E-state index is 0.0292. The Bertz CT molecular complexity index is 975. The lowest BCUT2D eigenvalue weighted by Gasteiger charge is -2.34. The van der Waals surface area contributed by atoms with E-state index in [1.807, 2.05) is 47.4 Å². The monoisotopic (exact) mass is 467 g/mol. The molecule has 4 rings (SSSR count). The molecule has 0 aromatic heterocycles. The van der Waals surface area contributed by atoms with Crippen LogP contribution >= 0.6 is 11.8 Å². The van der Waals surface area contributed by atoms with Gasteiger partial charge in [-0.2, -0.15) is 0 Å². The molecule has 2 aliphatic heterocycles. The summed E-state index contributed by atoms with van der Waals surface area (Å²) in [7, 11) is 0. The fraction of sp³-hybridized carbons (Fsp3) is 0.400. The first-order valence-electron chi connectivity index (χ1n) is 11.3. The number of carbonyl (C=O) groups is 3. The first-order valence-corrected chi connectivity index (χ1v) is 12.4. The van der Waals surface area contributed by atoms with Gasteiger partial charge in [0.15, 0.2) is 0 Å². The van der Waals surface area contributed by atoms with Gasteiger partial charge in [0.25, 0.3) is 5.91 Å². The number of benzene rings is 2. The zero-order valence-corrected chi connectivity index (χ0v) is 19.6. The molecule has 0 bridgehead atoms.